The molecule has 94 valence electrons. The number of halogens is 1. The van der Waals surface area contributed by atoms with Crippen molar-refractivity contribution in [2.24, 2.45) is 0 Å². The van der Waals surface area contributed by atoms with Gasteiger partial charge in [-0.3, -0.25) is 9.59 Å². The summed E-state index contributed by atoms with van der Waals surface area (Å²) in [5, 5.41) is 10.0. The van der Waals surface area contributed by atoms with Crippen molar-refractivity contribution in [3.05, 3.63) is 57.6 Å². The van der Waals surface area contributed by atoms with Crippen molar-refractivity contribution < 1.29 is 14.7 Å². The van der Waals surface area contributed by atoms with Crippen molar-refractivity contribution in [1.29, 1.82) is 0 Å². The Bertz CT molecular complexity index is 753. The molecule has 0 spiro atoms. The molecule has 3 rings (SSSR count). The fraction of sp³-hybridized carbons (Fsp3) is 0. The molecule has 0 radical (unpaired) electrons. The van der Waals surface area contributed by atoms with Crippen LogP contribution in [-0.2, 0) is 0 Å². The summed E-state index contributed by atoms with van der Waals surface area (Å²) in [6.45, 7) is 0. The summed E-state index contributed by atoms with van der Waals surface area (Å²) in [5.41, 5.74) is 6.18. The minimum Gasteiger partial charge on any atom is -0.507 e. The second kappa shape index (κ2) is 3.83. The predicted octanol–water partition coefficient (Wildman–Crippen LogP) is 2.40. The molecule has 0 atom stereocenters. The van der Waals surface area contributed by atoms with Crippen LogP contribution in [0.2, 0.25) is 5.02 Å². The second-order valence-electron chi connectivity index (χ2n) is 4.24. The Morgan fingerprint density at radius 1 is 0.947 bits per heavy atom. The van der Waals surface area contributed by atoms with E-state index < -0.39 is 11.6 Å². The Kier molecular flexibility index (Phi) is 2.37. The van der Waals surface area contributed by atoms with Crippen LogP contribution < -0.4 is 5.73 Å². The number of benzene rings is 2. The smallest absolute Gasteiger partial charge is 0.198 e. The Balaban J connectivity index is 2.43. The Labute approximate surface area is 113 Å². The quantitative estimate of drug-likeness (QED) is 0.487. The normalized spacial score (nSPS) is 13.1. The molecule has 4 nitrogen and oxygen atoms in total. The van der Waals surface area contributed by atoms with Crippen molar-refractivity contribution in [2.75, 3.05) is 5.73 Å². The largest absolute Gasteiger partial charge is 0.507 e. The van der Waals surface area contributed by atoms with E-state index in [4.69, 9.17) is 17.3 Å². The number of hydrogen-bond donors (Lipinski definition) is 2. The van der Waals surface area contributed by atoms with Crippen LogP contribution in [0.15, 0.2) is 30.3 Å². The number of rotatable bonds is 0. The molecule has 5 heteroatoms. The molecule has 0 saturated carbocycles. The molecule has 19 heavy (non-hydrogen) atoms. The summed E-state index contributed by atoms with van der Waals surface area (Å²) in [4.78, 5) is 24.8. The number of aromatic hydroxyl groups is 1. The standard InChI is InChI=1S/C14H8ClNO3/c15-7-3-1-2-6-10(7)14(19)11-8(16)4-5-9(17)12(11)13(6)18/h1-5,17H,16H2. The van der Waals surface area contributed by atoms with Crippen molar-refractivity contribution >= 4 is 28.9 Å². The maximum atomic E-state index is 12.4. The van der Waals surface area contributed by atoms with Crippen LogP contribution in [0.3, 0.4) is 0 Å². The molecule has 0 aliphatic heterocycles. The van der Waals surface area contributed by atoms with Gasteiger partial charge >= 0.3 is 0 Å². The maximum absolute atomic E-state index is 12.4. The average molecular weight is 274 g/mol. The summed E-state index contributed by atoms with van der Waals surface area (Å²) in [7, 11) is 0. The highest BCUT2D eigenvalue weighted by Crippen LogP contribution is 2.37. The minimum absolute atomic E-state index is 0.0191. The van der Waals surface area contributed by atoms with Gasteiger partial charge in [-0.05, 0) is 18.2 Å². The van der Waals surface area contributed by atoms with Crippen LogP contribution in [0.4, 0.5) is 5.69 Å². The molecular weight excluding hydrogens is 266 g/mol. The lowest BCUT2D eigenvalue weighted by molar-refractivity contribution is 0.0977. The molecule has 0 saturated heterocycles. The van der Waals surface area contributed by atoms with Gasteiger partial charge in [-0.1, -0.05) is 23.7 Å². The van der Waals surface area contributed by atoms with Crippen LogP contribution in [-0.4, -0.2) is 16.7 Å². The minimum atomic E-state index is -0.447. The number of hydrogen-bond acceptors (Lipinski definition) is 4. The fourth-order valence-electron chi connectivity index (χ4n) is 2.29. The average Bonchev–Trinajstić information content (AvgIpc) is 2.38. The summed E-state index contributed by atoms with van der Waals surface area (Å²) in [6, 6.07) is 7.32. The van der Waals surface area contributed by atoms with Gasteiger partial charge in [0.25, 0.3) is 0 Å². The van der Waals surface area contributed by atoms with E-state index in [1.165, 1.54) is 24.3 Å². The van der Waals surface area contributed by atoms with Gasteiger partial charge in [0.05, 0.1) is 21.7 Å². The van der Waals surface area contributed by atoms with E-state index in [1.807, 2.05) is 0 Å². The molecule has 3 N–H and O–H groups in total. The first kappa shape index (κ1) is 11.7. The Morgan fingerprint density at radius 3 is 2.42 bits per heavy atom. The van der Waals surface area contributed by atoms with Gasteiger partial charge in [0, 0.05) is 11.3 Å². The van der Waals surface area contributed by atoms with E-state index in [9.17, 15) is 14.7 Å². The number of fused-ring (bicyclic) bond motifs is 2. The first-order valence-corrected chi connectivity index (χ1v) is 5.89. The van der Waals surface area contributed by atoms with Crippen LogP contribution in [0.1, 0.15) is 31.8 Å². The van der Waals surface area contributed by atoms with Gasteiger partial charge in [0.2, 0.25) is 0 Å². The molecule has 0 amide bonds. The predicted molar refractivity (Wildman–Crippen MR) is 70.8 cm³/mol. The highest BCUT2D eigenvalue weighted by Gasteiger charge is 2.34. The topological polar surface area (TPSA) is 80.4 Å². The van der Waals surface area contributed by atoms with E-state index in [1.54, 1.807) is 6.07 Å². The molecule has 0 aromatic heterocycles. The van der Waals surface area contributed by atoms with E-state index in [0.717, 1.165) is 0 Å². The lowest BCUT2D eigenvalue weighted by Gasteiger charge is -2.20. The monoisotopic (exact) mass is 273 g/mol. The maximum Gasteiger partial charge on any atom is 0.198 e. The third-order valence-corrected chi connectivity index (χ3v) is 3.47. The van der Waals surface area contributed by atoms with Gasteiger partial charge in [0.15, 0.2) is 11.6 Å². The van der Waals surface area contributed by atoms with E-state index >= 15 is 0 Å². The number of ketones is 2. The molecule has 0 unspecified atom stereocenters. The number of nitrogen functional groups attached to an aromatic ring is 1. The number of nitrogens with two attached hydrogens (primary N) is 1. The van der Waals surface area contributed by atoms with Crippen molar-refractivity contribution in [3.8, 4) is 5.75 Å². The number of phenolic OH excluding ortho intramolecular Hbond substituents is 1. The molecule has 2 aromatic rings. The van der Waals surface area contributed by atoms with E-state index in [-0.39, 0.29) is 38.7 Å². The third kappa shape index (κ3) is 1.47. The van der Waals surface area contributed by atoms with Crippen molar-refractivity contribution in [1.82, 2.24) is 0 Å². The first-order chi connectivity index (χ1) is 9.02. The van der Waals surface area contributed by atoms with E-state index in [0.29, 0.717) is 0 Å². The molecule has 0 fully saturated rings. The SMILES string of the molecule is Nc1ccc(O)c2c1C(=O)c1c(Cl)cccc1C2=O. The lowest BCUT2D eigenvalue weighted by Crippen LogP contribution is -2.22. The number of carbonyl (C=O) groups is 2. The van der Waals surface area contributed by atoms with Gasteiger partial charge in [-0.15, -0.1) is 0 Å². The van der Waals surface area contributed by atoms with Gasteiger partial charge < -0.3 is 10.8 Å². The summed E-state index contributed by atoms with van der Waals surface area (Å²) >= 11 is 5.98. The molecule has 1 aliphatic carbocycles. The molecule has 0 bridgehead atoms. The number of carbonyl (C=O) groups excluding carboxylic acids is 2. The van der Waals surface area contributed by atoms with E-state index in [2.05, 4.69) is 0 Å². The zero-order chi connectivity index (χ0) is 13.7. The molecule has 1 aliphatic rings. The van der Waals surface area contributed by atoms with Crippen LogP contribution in [0.5, 0.6) is 5.75 Å². The highest BCUT2D eigenvalue weighted by atomic mass is 35.5. The Hall–Kier alpha value is -2.33. The molecular formula is C14H8ClNO3. The zero-order valence-electron chi connectivity index (χ0n) is 9.61. The van der Waals surface area contributed by atoms with Gasteiger partial charge in [-0.25, -0.2) is 0 Å². The van der Waals surface area contributed by atoms with Crippen LogP contribution in [0, 0.1) is 0 Å². The Morgan fingerprint density at radius 2 is 1.68 bits per heavy atom. The summed E-state index contributed by atoms with van der Waals surface area (Å²) < 4.78 is 0. The van der Waals surface area contributed by atoms with Crippen LogP contribution >= 0.6 is 11.6 Å². The molecule has 2 aromatic carbocycles. The highest BCUT2D eigenvalue weighted by molar-refractivity contribution is 6.40. The van der Waals surface area contributed by atoms with Crippen molar-refractivity contribution in [2.45, 2.75) is 0 Å². The number of anilines is 1. The number of phenols is 1. The first-order valence-electron chi connectivity index (χ1n) is 5.51. The summed E-state index contributed by atoms with van der Waals surface area (Å²) in [5.74, 6) is -1.14. The molecule has 0 heterocycles. The van der Waals surface area contributed by atoms with Crippen LogP contribution in [0.25, 0.3) is 0 Å². The van der Waals surface area contributed by atoms with Gasteiger partial charge in [-0.2, -0.15) is 0 Å². The fourth-order valence-corrected chi connectivity index (χ4v) is 2.55. The third-order valence-electron chi connectivity index (χ3n) is 3.15. The van der Waals surface area contributed by atoms with Crippen molar-refractivity contribution in [3.63, 3.8) is 0 Å². The summed E-state index contributed by atoms with van der Waals surface area (Å²) in [6.07, 6.45) is 0. The van der Waals surface area contributed by atoms with Gasteiger partial charge in [0.1, 0.15) is 5.75 Å². The lowest BCUT2D eigenvalue weighted by atomic mass is 9.83. The zero-order valence-corrected chi connectivity index (χ0v) is 10.4. The second-order valence-corrected chi connectivity index (χ2v) is 4.65.